The van der Waals surface area contributed by atoms with Crippen LogP contribution in [0.4, 0.5) is 9.59 Å². The van der Waals surface area contributed by atoms with Crippen molar-refractivity contribution in [3.8, 4) is 23.0 Å². The second kappa shape index (κ2) is 11.9. The summed E-state index contributed by atoms with van der Waals surface area (Å²) in [6.07, 6.45) is 1.61. The van der Waals surface area contributed by atoms with Crippen LogP contribution in [0.3, 0.4) is 0 Å². The van der Waals surface area contributed by atoms with Crippen LogP contribution in [0.25, 0.3) is 0 Å². The van der Waals surface area contributed by atoms with Crippen LogP contribution in [0.2, 0.25) is 0 Å². The third-order valence-electron chi connectivity index (χ3n) is 8.20. The fourth-order valence-electron chi connectivity index (χ4n) is 5.65. The van der Waals surface area contributed by atoms with E-state index in [4.69, 9.17) is 14.2 Å². The predicted octanol–water partition coefficient (Wildman–Crippen LogP) is 5.96. The number of hydrogen-bond acceptors (Lipinski definition) is 9. The second-order valence-corrected chi connectivity index (χ2v) is 13.9. The molecule has 0 aromatic heterocycles. The van der Waals surface area contributed by atoms with Gasteiger partial charge in [0.15, 0.2) is 0 Å². The Morgan fingerprint density at radius 1 is 0.773 bits per heavy atom. The molecule has 3 aromatic rings. The minimum absolute atomic E-state index is 0.247. The molecule has 3 aliphatic heterocycles. The summed E-state index contributed by atoms with van der Waals surface area (Å²) in [6, 6.07) is 15.2. The molecule has 6 rings (SSSR count). The first-order valence-electron chi connectivity index (χ1n) is 14.3. The lowest BCUT2D eigenvalue weighted by Gasteiger charge is -2.24. The van der Waals surface area contributed by atoms with Gasteiger partial charge in [-0.15, -0.1) is 0 Å². The van der Waals surface area contributed by atoms with Crippen molar-refractivity contribution >= 4 is 45.8 Å². The van der Waals surface area contributed by atoms with Crippen LogP contribution in [0.1, 0.15) is 40.3 Å². The molecule has 0 radical (unpaired) electrons. The molecule has 3 aliphatic rings. The van der Waals surface area contributed by atoms with E-state index in [2.05, 4.69) is 10.6 Å². The number of carbonyl (C=O) groups is 4. The summed E-state index contributed by atoms with van der Waals surface area (Å²) in [7, 11) is 0. The molecular formula is C33H32N2O7S2. The van der Waals surface area contributed by atoms with Crippen LogP contribution in [-0.4, -0.2) is 45.0 Å². The van der Waals surface area contributed by atoms with E-state index in [9.17, 15) is 19.2 Å². The summed E-state index contributed by atoms with van der Waals surface area (Å²) in [6.45, 7) is 8.50. The molecule has 2 fully saturated rings. The maximum Gasteiger partial charge on any atom is 0.286 e. The van der Waals surface area contributed by atoms with E-state index < -0.39 is 16.1 Å². The zero-order valence-corrected chi connectivity index (χ0v) is 26.4. The van der Waals surface area contributed by atoms with E-state index in [1.54, 1.807) is 0 Å². The summed E-state index contributed by atoms with van der Waals surface area (Å²) >= 11 is 2.05. The van der Waals surface area contributed by atoms with E-state index in [1.165, 1.54) is 0 Å². The van der Waals surface area contributed by atoms with Crippen molar-refractivity contribution < 1.29 is 33.4 Å². The average molecular weight is 633 g/mol. The van der Waals surface area contributed by atoms with Crippen LogP contribution in [0.5, 0.6) is 23.0 Å². The number of carbonyl (C=O) groups excluding carboxylic acids is 4. The van der Waals surface area contributed by atoms with Gasteiger partial charge in [0, 0.05) is 12.0 Å². The molecule has 3 heterocycles. The van der Waals surface area contributed by atoms with Crippen LogP contribution >= 0.6 is 23.5 Å². The molecule has 3 atom stereocenters. The van der Waals surface area contributed by atoms with Crippen molar-refractivity contribution in [3.05, 3.63) is 81.9 Å². The highest BCUT2D eigenvalue weighted by molar-refractivity contribution is 8.15. The second-order valence-electron chi connectivity index (χ2n) is 11.6. The van der Waals surface area contributed by atoms with Gasteiger partial charge in [-0.2, -0.15) is 0 Å². The smallest absolute Gasteiger partial charge is 0.286 e. The largest absolute Gasteiger partial charge is 0.489 e. The maximum atomic E-state index is 11.9. The Bertz CT molecular complexity index is 1670. The van der Waals surface area contributed by atoms with E-state index >= 15 is 0 Å². The molecule has 4 amide bonds. The number of imide groups is 2. The number of nitrogens with one attached hydrogen (secondary N) is 2. The zero-order chi connectivity index (χ0) is 31.2. The van der Waals surface area contributed by atoms with Crippen LogP contribution in [0.15, 0.2) is 48.5 Å². The summed E-state index contributed by atoms with van der Waals surface area (Å²) in [5.74, 6) is 2.56. The Morgan fingerprint density at radius 2 is 1.30 bits per heavy atom. The molecular weight excluding hydrogens is 601 g/mol. The zero-order valence-electron chi connectivity index (χ0n) is 24.8. The normalized spacial score (nSPS) is 22.5. The lowest BCUT2D eigenvalue weighted by atomic mass is 9.93. The van der Waals surface area contributed by atoms with E-state index in [0.29, 0.717) is 37.4 Å². The quantitative estimate of drug-likeness (QED) is 0.294. The molecule has 11 heteroatoms. The SMILES string of the molecule is Cc1c(C)c2c(c(C)c1Oc1ccc(CC3SC(=O)NC3=O)cc1)CC(C)(COc1ccc(CC3SC(=O)NC3=O)cc1)O2. The van der Waals surface area contributed by atoms with Crippen LogP contribution < -0.4 is 24.8 Å². The molecule has 228 valence electrons. The predicted molar refractivity (Wildman–Crippen MR) is 169 cm³/mol. The van der Waals surface area contributed by atoms with Gasteiger partial charge in [-0.25, -0.2) is 0 Å². The van der Waals surface area contributed by atoms with Gasteiger partial charge in [0.25, 0.3) is 10.5 Å². The Morgan fingerprint density at radius 3 is 1.80 bits per heavy atom. The Kier molecular flexibility index (Phi) is 8.10. The van der Waals surface area contributed by atoms with Gasteiger partial charge in [0.2, 0.25) is 11.8 Å². The van der Waals surface area contributed by atoms with Crippen LogP contribution in [-0.2, 0) is 28.9 Å². The Balaban J connectivity index is 1.10. The van der Waals surface area contributed by atoms with E-state index in [1.807, 2.05) is 76.2 Å². The van der Waals surface area contributed by atoms with Crippen LogP contribution in [0, 0.1) is 20.8 Å². The number of rotatable bonds is 9. The average Bonchev–Trinajstić information content (AvgIpc) is 3.63. The molecule has 0 bridgehead atoms. The standard InChI is InChI=1S/C33H32N2O7S2/c1-17-18(2)28-24(19(3)27(17)41-23-11-7-21(8-12-23)14-26-30(37)35-32(39)44-26)15-33(4,42-28)16-40-22-9-5-20(6-10-22)13-25-29(36)34-31(38)43-25/h5-12,25-26H,13-16H2,1-4H3,(H,34,36,38)(H,35,37,39). The monoisotopic (exact) mass is 632 g/mol. The molecule has 9 nitrogen and oxygen atoms in total. The maximum absolute atomic E-state index is 11.9. The van der Waals surface area contributed by atoms with Gasteiger partial charge in [-0.05, 0) is 92.6 Å². The highest BCUT2D eigenvalue weighted by atomic mass is 32.2. The van der Waals surface area contributed by atoms with Gasteiger partial charge < -0.3 is 14.2 Å². The first-order valence-corrected chi connectivity index (χ1v) is 16.1. The van der Waals surface area contributed by atoms with E-state index in [0.717, 1.165) is 68.4 Å². The highest BCUT2D eigenvalue weighted by Gasteiger charge is 2.39. The fraction of sp³-hybridized carbons (Fsp3) is 0.333. The van der Waals surface area contributed by atoms with Crippen molar-refractivity contribution in [1.29, 1.82) is 0 Å². The third-order valence-corrected chi connectivity index (χ3v) is 10.2. The van der Waals surface area contributed by atoms with Gasteiger partial charge in [0.1, 0.15) is 35.2 Å². The molecule has 44 heavy (non-hydrogen) atoms. The number of benzene rings is 3. The number of thioether (sulfide) groups is 2. The minimum atomic E-state index is -0.575. The lowest BCUT2D eigenvalue weighted by Crippen LogP contribution is -2.37. The summed E-state index contributed by atoms with van der Waals surface area (Å²) in [5, 5.41) is 3.24. The molecule has 0 spiro atoms. The minimum Gasteiger partial charge on any atom is -0.489 e. The molecule has 2 N–H and O–H groups in total. The number of amides is 4. The summed E-state index contributed by atoms with van der Waals surface area (Å²) in [5.41, 5.74) is 5.46. The fourth-order valence-corrected chi connectivity index (χ4v) is 7.37. The topological polar surface area (TPSA) is 120 Å². The van der Waals surface area contributed by atoms with E-state index in [-0.39, 0.29) is 22.3 Å². The Labute approximate surface area is 263 Å². The number of fused-ring (bicyclic) bond motifs is 1. The number of hydrogen-bond donors (Lipinski definition) is 2. The first kappa shape index (κ1) is 30.1. The molecule has 0 saturated carbocycles. The highest BCUT2D eigenvalue weighted by Crippen LogP contribution is 2.46. The summed E-state index contributed by atoms with van der Waals surface area (Å²) in [4.78, 5) is 46.7. The third kappa shape index (κ3) is 6.16. The van der Waals surface area contributed by atoms with Gasteiger partial charge in [-0.3, -0.25) is 29.8 Å². The lowest BCUT2D eigenvalue weighted by molar-refractivity contribution is -0.119. The summed E-state index contributed by atoms with van der Waals surface area (Å²) < 4.78 is 19.1. The number of ether oxygens (including phenoxy) is 3. The van der Waals surface area contributed by atoms with Crippen molar-refractivity contribution in [2.24, 2.45) is 0 Å². The van der Waals surface area contributed by atoms with Crippen molar-refractivity contribution in [2.75, 3.05) is 6.61 Å². The first-order chi connectivity index (χ1) is 21.0. The van der Waals surface area contributed by atoms with Crippen molar-refractivity contribution in [1.82, 2.24) is 10.6 Å². The molecule has 3 aromatic carbocycles. The van der Waals surface area contributed by atoms with Crippen molar-refractivity contribution in [2.45, 2.75) is 63.1 Å². The molecule has 0 aliphatic carbocycles. The van der Waals surface area contributed by atoms with Gasteiger partial charge in [0.05, 0.1) is 10.5 Å². The molecule has 3 unspecified atom stereocenters. The Hall–Kier alpha value is -3.96. The van der Waals surface area contributed by atoms with Gasteiger partial charge in [-0.1, -0.05) is 47.8 Å². The molecule has 2 saturated heterocycles. The van der Waals surface area contributed by atoms with Crippen molar-refractivity contribution in [3.63, 3.8) is 0 Å². The van der Waals surface area contributed by atoms with Gasteiger partial charge >= 0.3 is 0 Å².